The lowest BCUT2D eigenvalue weighted by Crippen LogP contribution is -2.37. The van der Waals surface area contributed by atoms with Gasteiger partial charge in [-0.25, -0.2) is 0 Å². The number of carbonyl (C=O) groups is 2. The van der Waals surface area contributed by atoms with Crippen LogP contribution in [0.4, 0.5) is 0 Å². The summed E-state index contributed by atoms with van der Waals surface area (Å²) >= 11 is 6.15. The third-order valence-electron chi connectivity index (χ3n) is 3.42. The van der Waals surface area contributed by atoms with Gasteiger partial charge in [0, 0.05) is 11.6 Å². The summed E-state index contributed by atoms with van der Waals surface area (Å²) in [5, 5.41) is 3.33. The molecule has 0 bridgehead atoms. The fraction of sp³-hybridized carbons (Fsp3) is 0.467. The van der Waals surface area contributed by atoms with Crippen molar-refractivity contribution < 1.29 is 19.1 Å². The van der Waals surface area contributed by atoms with Gasteiger partial charge in [0.2, 0.25) is 5.91 Å². The van der Waals surface area contributed by atoms with E-state index in [2.05, 4.69) is 10.1 Å². The van der Waals surface area contributed by atoms with Gasteiger partial charge < -0.3 is 14.8 Å². The number of rotatable bonds is 5. The van der Waals surface area contributed by atoms with Crippen LogP contribution in [-0.2, 0) is 19.1 Å². The van der Waals surface area contributed by atoms with E-state index in [1.807, 2.05) is 6.07 Å². The molecular formula is C15H18ClNO4. The standard InChI is InChI=1S/C15H18ClNO4/c1-20-14(18)9-12(10-5-2-3-6-11(10)16)17-15(19)13-7-4-8-21-13/h2-3,5-6,12-13H,4,7-9H2,1H3,(H,17,19)/t12-,13-/m1/s1. The summed E-state index contributed by atoms with van der Waals surface area (Å²) < 4.78 is 10.0. The molecule has 21 heavy (non-hydrogen) atoms. The Balaban J connectivity index is 2.13. The van der Waals surface area contributed by atoms with E-state index in [1.165, 1.54) is 7.11 Å². The number of esters is 1. The lowest BCUT2D eigenvalue weighted by atomic mass is 10.0. The highest BCUT2D eigenvalue weighted by molar-refractivity contribution is 6.31. The molecule has 0 radical (unpaired) electrons. The molecule has 1 aromatic rings. The van der Waals surface area contributed by atoms with Crippen molar-refractivity contribution >= 4 is 23.5 Å². The van der Waals surface area contributed by atoms with E-state index in [0.717, 1.165) is 6.42 Å². The van der Waals surface area contributed by atoms with Gasteiger partial charge in [-0.1, -0.05) is 29.8 Å². The van der Waals surface area contributed by atoms with Crippen molar-refractivity contribution in [3.8, 4) is 0 Å². The van der Waals surface area contributed by atoms with Crippen molar-refractivity contribution in [3.63, 3.8) is 0 Å². The van der Waals surface area contributed by atoms with E-state index in [-0.39, 0.29) is 12.3 Å². The summed E-state index contributed by atoms with van der Waals surface area (Å²) in [6.45, 7) is 0.589. The average Bonchev–Trinajstić information content (AvgIpc) is 3.01. The molecule has 6 heteroatoms. The molecule has 0 saturated carbocycles. The molecule has 1 heterocycles. The predicted octanol–water partition coefficient (Wildman–Crippen LogP) is 2.24. The smallest absolute Gasteiger partial charge is 0.307 e. The Labute approximate surface area is 128 Å². The van der Waals surface area contributed by atoms with Gasteiger partial charge in [-0.15, -0.1) is 0 Å². The minimum atomic E-state index is -0.525. The van der Waals surface area contributed by atoms with Gasteiger partial charge in [-0.05, 0) is 24.5 Å². The zero-order valence-corrected chi connectivity index (χ0v) is 12.6. The first-order valence-electron chi connectivity index (χ1n) is 6.85. The molecular weight excluding hydrogens is 294 g/mol. The first-order valence-corrected chi connectivity index (χ1v) is 7.23. The number of halogens is 1. The highest BCUT2D eigenvalue weighted by Gasteiger charge is 2.28. The molecule has 1 aliphatic rings. The molecule has 5 nitrogen and oxygen atoms in total. The van der Waals surface area contributed by atoms with Gasteiger partial charge in [-0.2, -0.15) is 0 Å². The number of amides is 1. The molecule has 1 fully saturated rings. The quantitative estimate of drug-likeness (QED) is 0.847. The fourth-order valence-corrected chi connectivity index (χ4v) is 2.56. The van der Waals surface area contributed by atoms with Crippen molar-refractivity contribution in [2.24, 2.45) is 0 Å². The minimum Gasteiger partial charge on any atom is -0.469 e. The zero-order chi connectivity index (χ0) is 15.2. The molecule has 1 amide bonds. The third kappa shape index (κ3) is 4.19. The molecule has 0 unspecified atom stereocenters. The van der Waals surface area contributed by atoms with Gasteiger partial charge in [-0.3, -0.25) is 9.59 Å². The van der Waals surface area contributed by atoms with Gasteiger partial charge in [0.25, 0.3) is 0 Å². The molecule has 1 aliphatic heterocycles. The summed E-state index contributed by atoms with van der Waals surface area (Å²) in [5.74, 6) is -0.631. The van der Waals surface area contributed by atoms with Crippen LogP contribution in [-0.4, -0.2) is 31.7 Å². The second-order valence-corrected chi connectivity index (χ2v) is 5.27. The van der Waals surface area contributed by atoms with E-state index in [0.29, 0.717) is 23.6 Å². The third-order valence-corrected chi connectivity index (χ3v) is 3.76. The highest BCUT2D eigenvalue weighted by Crippen LogP contribution is 2.26. The summed E-state index contributed by atoms with van der Waals surface area (Å²) in [6, 6.07) is 6.58. The van der Waals surface area contributed by atoms with E-state index < -0.39 is 18.1 Å². The van der Waals surface area contributed by atoms with E-state index in [9.17, 15) is 9.59 Å². The molecule has 1 saturated heterocycles. The Morgan fingerprint density at radius 1 is 1.48 bits per heavy atom. The van der Waals surface area contributed by atoms with Crippen LogP contribution in [0.25, 0.3) is 0 Å². The van der Waals surface area contributed by atoms with Crippen molar-refractivity contribution in [2.75, 3.05) is 13.7 Å². The van der Waals surface area contributed by atoms with Crippen molar-refractivity contribution in [1.82, 2.24) is 5.32 Å². The first-order chi connectivity index (χ1) is 10.1. The minimum absolute atomic E-state index is 0.0265. The monoisotopic (exact) mass is 311 g/mol. The van der Waals surface area contributed by atoms with Gasteiger partial charge in [0.05, 0.1) is 19.6 Å². The molecule has 0 aromatic heterocycles. The van der Waals surface area contributed by atoms with Crippen LogP contribution in [0.1, 0.15) is 30.9 Å². The summed E-state index contributed by atoms with van der Waals surface area (Å²) in [6.07, 6.45) is 1.14. The van der Waals surface area contributed by atoms with Gasteiger partial charge in [0.15, 0.2) is 0 Å². The largest absolute Gasteiger partial charge is 0.469 e. The first kappa shape index (κ1) is 15.8. The Morgan fingerprint density at radius 3 is 2.86 bits per heavy atom. The summed E-state index contributed by atoms with van der Waals surface area (Å²) in [4.78, 5) is 23.7. The highest BCUT2D eigenvalue weighted by atomic mass is 35.5. The van der Waals surface area contributed by atoms with Crippen LogP contribution in [0.15, 0.2) is 24.3 Å². The number of hydrogen-bond acceptors (Lipinski definition) is 4. The number of ether oxygens (including phenoxy) is 2. The van der Waals surface area contributed by atoms with Crippen LogP contribution < -0.4 is 5.32 Å². The SMILES string of the molecule is COC(=O)C[C@@H](NC(=O)[C@H]1CCCO1)c1ccccc1Cl. The predicted molar refractivity (Wildman–Crippen MR) is 77.9 cm³/mol. The number of methoxy groups -OCH3 is 1. The van der Waals surface area contributed by atoms with Crippen molar-refractivity contribution in [1.29, 1.82) is 0 Å². The maximum absolute atomic E-state index is 12.2. The Hall–Kier alpha value is -1.59. The van der Waals surface area contributed by atoms with Crippen LogP contribution in [0.3, 0.4) is 0 Å². The molecule has 0 spiro atoms. The molecule has 2 atom stereocenters. The summed E-state index contributed by atoms with van der Waals surface area (Å²) in [5.41, 5.74) is 0.691. The van der Waals surface area contributed by atoms with Crippen LogP contribution in [0, 0.1) is 0 Å². The normalized spacial score (nSPS) is 19.0. The Morgan fingerprint density at radius 2 is 2.24 bits per heavy atom. The maximum atomic E-state index is 12.2. The number of carbonyl (C=O) groups excluding carboxylic acids is 2. The van der Waals surface area contributed by atoms with Gasteiger partial charge in [0.1, 0.15) is 6.10 Å². The Kier molecular flexibility index (Phi) is 5.59. The van der Waals surface area contributed by atoms with Crippen molar-refractivity contribution in [2.45, 2.75) is 31.4 Å². The number of hydrogen-bond donors (Lipinski definition) is 1. The number of nitrogens with one attached hydrogen (secondary N) is 1. The lowest BCUT2D eigenvalue weighted by Gasteiger charge is -2.21. The second kappa shape index (κ2) is 7.43. The zero-order valence-electron chi connectivity index (χ0n) is 11.8. The lowest BCUT2D eigenvalue weighted by molar-refractivity contribution is -0.141. The molecule has 1 N–H and O–H groups in total. The van der Waals surface area contributed by atoms with Crippen LogP contribution in [0.2, 0.25) is 5.02 Å². The maximum Gasteiger partial charge on any atom is 0.307 e. The van der Waals surface area contributed by atoms with E-state index in [4.69, 9.17) is 16.3 Å². The van der Waals surface area contributed by atoms with E-state index in [1.54, 1.807) is 18.2 Å². The number of benzene rings is 1. The summed E-state index contributed by atoms with van der Waals surface area (Å²) in [7, 11) is 1.31. The topological polar surface area (TPSA) is 64.6 Å². The molecule has 114 valence electrons. The Bertz CT molecular complexity index is 514. The van der Waals surface area contributed by atoms with Crippen LogP contribution in [0.5, 0.6) is 0 Å². The fourth-order valence-electron chi connectivity index (χ4n) is 2.30. The molecule has 0 aliphatic carbocycles. The van der Waals surface area contributed by atoms with Gasteiger partial charge >= 0.3 is 5.97 Å². The average molecular weight is 312 g/mol. The van der Waals surface area contributed by atoms with E-state index >= 15 is 0 Å². The molecule has 1 aromatic carbocycles. The van der Waals surface area contributed by atoms with Crippen molar-refractivity contribution in [3.05, 3.63) is 34.9 Å². The second-order valence-electron chi connectivity index (χ2n) is 4.86. The van der Waals surface area contributed by atoms with Crippen LogP contribution >= 0.6 is 11.6 Å². The molecule has 2 rings (SSSR count).